The van der Waals surface area contributed by atoms with Crippen molar-refractivity contribution in [3.63, 3.8) is 0 Å². The van der Waals surface area contributed by atoms with Crippen LogP contribution in [-0.4, -0.2) is 36.0 Å². The quantitative estimate of drug-likeness (QED) is 0.251. The van der Waals surface area contributed by atoms with Crippen molar-refractivity contribution in [2.24, 2.45) is 16.6 Å². The lowest BCUT2D eigenvalue weighted by Crippen LogP contribution is -2.40. The fourth-order valence-corrected chi connectivity index (χ4v) is 1.44. The maximum Gasteiger partial charge on any atom is 0.203 e. The fourth-order valence-electron chi connectivity index (χ4n) is 1.44. The third-order valence-electron chi connectivity index (χ3n) is 2.11. The van der Waals surface area contributed by atoms with Gasteiger partial charge in [0.05, 0.1) is 6.54 Å². The Morgan fingerprint density at radius 3 is 2.14 bits per heavy atom. The molecule has 0 aliphatic heterocycles. The van der Waals surface area contributed by atoms with E-state index in [4.69, 9.17) is 11.6 Å². The van der Waals surface area contributed by atoms with E-state index in [0.29, 0.717) is 18.6 Å². The van der Waals surface area contributed by atoms with Crippen LogP contribution >= 0.6 is 0 Å². The molecule has 0 saturated carbocycles. The minimum atomic E-state index is 0.289. The van der Waals surface area contributed by atoms with Gasteiger partial charge in [-0.1, -0.05) is 0 Å². The lowest BCUT2D eigenvalue weighted by atomic mass is 10.2. The smallest absolute Gasteiger partial charge is 0.203 e. The minimum Gasteiger partial charge on any atom is -0.369 e. The molecule has 5 heteroatoms. The van der Waals surface area contributed by atoms with Crippen molar-refractivity contribution in [3.05, 3.63) is 0 Å². The molecule has 0 aromatic carbocycles. The number of hydrogen-bond acceptors (Lipinski definition) is 3. The number of guanidine groups is 1. The van der Waals surface area contributed by atoms with E-state index in [1.54, 1.807) is 0 Å². The molecule has 0 fully saturated rings. The Morgan fingerprint density at radius 2 is 1.79 bits per heavy atom. The van der Waals surface area contributed by atoms with Gasteiger partial charge in [-0.25, -0.2) is 5.84 Å². The Kier molecular flexibility index (Phi) is 6.23. The summed E-state index contributed by atoms with van der Waals surface area (Å²) in [6.07, 6.45) is 0. The van der Waals surface area contributed by atoms with E-state index in [1.807, 2.05) is 0 Å². The Labute approximate surface area is 86.5 Å². The first-order valence-corrected chi connectivity index (χ1v) is 5.01. The number of aliphatic imine (C=N–C) groups is 1. The molecule has 14 heavy (non-hydrogen) atoms. The summed E-state index contributed by atoms with van der Waals surface area (Å²) in [5, 5.41) is 0. The standard InChI is InChI=1S/C9H23N5/c1-7(2)14(8(3)4)6-5-12-9(10)13-11/h7-8H,5-6,11H2,1-4H3,(H3,10,12,13). The highest BCUT2D eigenvalue weighted by Crippen LogP contribution is 2.03. The maximum absolute atomic E-state index is 5.41. The van der Waals surface area contributed by atoms with Crippen LogP contribution in [0.3, 0.4) is 0 Å². The summed E-state index contributed by atoms with van der Waals surface area (Å²) in [5.74, 6) is 5.38. The predicted molar refractivity (Wildman–Crippen MR) is 60.8 cm³/mol. The van der Waals surface area contributed by atoms with Crippen molar-refractivity contribution in [2.75, 3.05) is 13.1 Å². The van der Waals surface area contributed by atoms with Crippen LogP contribution in [0.1, 0.15) is 27.7 Å². The molecule has 0 aliphatic carbocycles. The molecule has 0 aromatic heterocycles. The molecule has 0 aliphatic rings. The van der Waals surface area contributed by atoms with Crippen LogP contribution in [0.25, 0.3) is 0 Å². The molecule has 0 rings (SSSR count). The summed E-state index contributed by atoms with van der Waals surface area (Å²) in [7, 11) is 0. The van der Waals surface area contributed by atoms with Gasteiger partial charge >= 0.3 is 0 Å². The highest BCUT2D eigenvalue weighted by Gasteiger charge is 2.11. The lowest BCUT2D eigenvalue weighted by molar-refractivity contribution is 0.181. The first kappa shape index (κ1) is 13.2. The third kappa shape index (κ3) is 5.04. The highest BCUT2D eigenvalue weighted by molar-refractivity contribution is 5.77. The number of hydrazine groups is 1. The third-order valence-corrected chi connectivity index (χ3v) is 2.11. The summed E-state index contributed by atoms with van der Waals surface area (Å²) in [6.45, 7) is 10.3. The van der Waals surface area contributed by atoms with Gasteiger partial charge < -0.3 is 5.73 Å². The van der Waals surface area contributed by atoms with E-state index < -0.39 is 0 Å². The van der Waals surface area contributed by atoms with Gasteiger partial charge in [-0.2, -0.15) is 0 Å². The molecule has 0 unspecified atom stereocenters. The lowest BCUT2D eigenvalue weighted by Gasteiger charge is -2.29. The summed E-state index contributed by atoms with van der Waals surface area (Å²) in [5.41, 5.74) is 7.71. The van der Waals surface area contributed by atoms with Gasteiger partial charge in [0.15, 0.2) is 0 Å². The zero-order valence-electron chi connectivity index (χ0n) is 9.62. The second-order valence-corrected chi connectivity index (χ2v) is 3.84. The van der Waals surface area contributed by atoms with E-state index in [2.05, 4.69) is 43.0 Å². The Hall–Kier alpha value is -0.810. The van der Waals surface area contributed by atoms with Gasteiger partial charge in [-0.3, -0.25) is 15.3 Å². The van der Waals surface area contributed by atoms with Crippen LogP contribution < -0.4 is 17.0 Å². The van der Waals surface area contributed by atoms with Crippen molar-refractivity contribution in [2.45, 2.75) is 39.8 Å². The predicted octanol–water partition coefficient (Wildman–Crippen LogP) is -0.117. The van der Waals surface area contributed by atoms with Gasteiger partial charge in [0, 0.05) is 18.6 Å². The van der Waals surface area contributed by atoms with Crippen LogP contribution in [0.2, 0.25) is 0 Å². The van der Waals surface area contributed by atoms with E-state index in [1.165, 1.54) is 0 Å². The van der Waals surface area contributed by atoms with Gasteiger partial charge in [0.1, 0.15) is 0 Å². The molecule has 0 heterocycles. The Bertz CT molecular complexity index is 168. The second kappa shape index (κ2) is 6.62. The average Bonchev–Trinajstić information content (AvgIpc) is 2.10. The molecule has 0 amide bonds. The van der Waals surface area contributed by atoms with Gasteiger partial charge in [0.2, 0.25) is 5.96 Å². The molecule has 0 radical (unpaired) electrons. The van der Waals surface area contributed by atoms with Crippen LogP contribution in [0.5, 0.6) is 0 Å². The fraction of sp³-hybridized carbons (Fsp3) is 0.889. The summed E-state index contributed by atoms with van der Waals surface area (Å²) >= 11 is 0. The van der Waals surface area contributed by atoms with Crippen molar-refractivity contribution in [1.82, 2.24) is 10.3 Å². The number of hydrogen-bond donors (Lipinski definition) is 3. The molecule has 0 atom stereocenters. The first-order valence-electron chi connectivity index (χ1n) is 5.01. The van der Waals surface area contributed by atoms with Crippen LogP contribution in [0, 0.1) is 0 Å². The molecule has 84 valence electrons. The molecule has 0 spiro atoms. The molecular weight excluding hydrogens is 178 g/mol. The summed E-state index contributed by atoms with van der Waals surface area (Å²) in [6, 6.07) is 1.05. The normalized spacial score (nSPS) is 13.0. The van der Waals surface area contributed by atoms with Crippen LogP contribution in [0.4, 0.5) is 0 Å². The average molecular weight is 201 g/mol. The second-order valence-electron chi connectivity index (χ2n) is 3.84. The molecular formula is C9H23N5. The van der Waals surface area contributed by atoms with E-state index in [0.717, 1.165) is 6.54 Å². The van der Waals surface area contributed by atoms with Gasteiger partial charge in [0.25, 0.3) is 0 Å². The monoisotopic (exact) mass is 201 g/mol. The van der Waals surface area contributed by atoms with E-state index >= 15 is 0 Å². The zero-order valence-corrected chi connectivity index (χ0v) is 9.62. The van der Waals surface area contributed by atoms with Gasteiger partial charge in [-0.05, 0) is 27.7 Å². The van der Waals surface area contributed by atoms with Crippen LogP contribution in [-0.2, 0) is 0 Å². The van der Waals surface area contributed by atoms with Crippen molar-refractivity contribution >= 4 is 5.96 Å². The zero-order chi connectivity index (χ0) is 11.1. The van der Waals surface area contributed by atoms with Crippen LogP contribution in [0.15, 0.2) is 4.99 Å². The SMILES string of the molecule is CC(C)N(CCN=C(N)NN)C(C)C. The largest absolute Gasteiger partial charge is 0.369 e. The number of nitrogens with one attached hydrogen (secondary N) is 1. The minimum absolute atomic E-state index is 0.289. The van der Waals surface area contributed by atoms with E-state index in [9.17, 15) is 0 Å². The molecule has 0 saturated heterocycles. The Balaban J connectivity index is 3.95. The summed E-state index contributed by atoms with van der Waals surface area (Å²) < 4.78 is 0. The maximum atomic E-state index is 5.41. The molecule has 0 bridgehead atoms. The van der Waals surface area contributed by atoms with Crippen molar-refractivity contribution in [3.8, 4) is 0 Å². The highest BCUT2D eigenvalue weighted by atomic mass is 15.3. The summed E-state index contributed by atoms with van der Waals surface area (Å²) in [4.78, 5) is 6.42. The number of rotatable bonds is 5. The number of nitrogens with zero attached hydrogens (tertiary/aromatic N) is 2. The topological polar surface area (TPSA) is 79.7 Å². The van der Waals surface area contributed by atoms with Crippen molar-refractivity contribution in [1.29, 1.82) is 0 Å². The molecule has 5 N–H and O–H groups in total. The van der Waals surface area contributed by atoms with Gasteiger partial charge in [-0.15, -0.1) is 0 Å². The van der Waals surface area contributed by atoms with Crippen molar-refractivity contribution < 1.29 is 0 Å². The Morgan fingerprint density at radius 1 is 1.29 bits per heavy atom. The molecule has 0 aromatic rings. The first-order chi connectivity index (χ1) is 6.49. The number of nitrogens with two attached hydrogens (primary N) is 2. The van der Waals surface area contributed by atoms with E-state index in [-0.39, 0.29) is 5.96 Å². The molecule has 5 nitrogen and oxygen atoms in total.